The smallest absolute Gasteiger partial charge is 0.191 e. The summed E-state index contributed by atoms with van der Waals surface area (Å²) in [4.78, 5) is 3.97. The van der Waals surface area contributed by atoms with E-state index < -0.39 is 0 Å². The molecule has 1 aromatic carbocycles. The lowest BCUT2D eigenvalue weighted by molar-refractivity contribution is 1.31. The minimum absolute atomic E-state index is 0.0844. The Morgan fingerprint density at radius 2 is 1.69 bits per heavy atom. The van der Waals surface area contributed by atoms with Crippen molar-refractivity contribution in [3.05, 3.63) is 27.7 Å². The van der Waals surface area contributed by atoms with Crippen LogP contribution in [0.5, 0.6) is 0 Å². The Morgan fingerprint density at radius 3 is 2.08 bits per heavy atom. The summed E-state index contributed by atoms with van der Waals surface area (Å²) >= 11 is 3.47. The van der Waals surface area contributed by atoms with Crippen LogP contribution in [0.2, 0.25) is 0 Å². The van der Waals surface area contributed by atoms with Crippen molar-refractivity contribution in [2.24, 2.45) is 16.5 Å². The predicted molar refractivity (Wildman–Crippen MR) is 59.1 cm³/mol. The minimum Gasteiger partial charge on any atom is -0.370 e. The Balaban J connectivity index is 3.21. The molecule has 0 saturated heterocycles. The van der Waals surface area contributed by atoms with Gasteiger partial charge in [-0.25, -0.2) is 4.99 Å². The summed E-state index contributed by atoms with van der Waals surface area (Å²) in [5.41, 5.74) is 13.6. The molecule has 1 rings (SSSR count). The number of rotatable bonds is 1. The third-order valence-electron chi connectivity index (χ3n) is 1.68. The quantitative estimate of drug-likeness (QED) is 0.584. The second kappa shape index (κ2) is 3.79. The van der Waals surface area contributed by atoms with E-state index >= 15 is 0 Å². The molecule has 0 amide bonds. The highest BCUT2D eigenvalue weighted by Gasteiger charge is 2.01. The average molecular weight is 242 g/mol. The molecule has 4 heteroatoms. The highest BCUT2D eigenvalue weighted by atomic mass is 79.9. The van der Waals surface area contributed by atoms with Gasteiger partial charge in [-0.1, -0.05) is 15.9 Å². The lowest BCUT2D eigenvalue weighted by Gasteiger charge is -2.04. The second-order valence-electron chi connectivity index (χ2n) is 2.93. The number of benzene rings is 1. The SMILES string of the molecule is Cc1cc(N=C(N)N)cc(C)c1Br. The van der Waals surface area contributed by atoms with Crippen LogP contribution >= 0.6 is 15.9 Å². The first kappa shape index (κ1) is 10.1. The van der Waals surface area contributed by atoms with E-state index in [0.29, 0.717) is 0 Å². The molecule has 70 valence electrons. The third-order valence-corrected chi connectivity index (χ3v) is 2.93. The standard InChI is InChI=1S/C9H12BrN3/c1-5-3-7(13-9(11)12)4-6(2)8(5)10/h3-4H,1-2H3,(H4,11,12,13). The van der Waals surface area contributed by atoms with Crippen molar-refractivity contribution in [1.29, 1.82) is 0 Å². The van der Waals surface area contributed by atoms with Gasteiger partial charge in [0.1, 0.15) is 0 Å². The van der Waals surface area contributed by atoms with Crippen LogP contribution in [0, 0.1) is 13.8 Å². The van der Waals surface area contributed by atoms with E-state index in [0.717, 1.165) is 21.3 Å². The summed E-state index contributed by atoms with van der Waals surface area (Å²) in [6.45, 7) is 4.01. The predicted octanol–water partition coefficient (Wildman–Crippen LogP) is 1.97. The number of hydrogen-bond acceptors (Lipinski definition) is 1. The van der Waals surface area contributed by atoms with Crippen molar-refractivity contribution in [1.82, 2.24) is 0 Å². The molecule has 0 spiro atoms. The molecule has 0 atom stereocenters. The third kappa shape index (κ3) is 2.45. The molecule has 0 aromatic heterocycles. The maximum absolute atomic E-state index is 5.28. The molecule has 0 saturated carbocycles. The number of guanidine groups is 1. The highest BCUT2D eigenvalue weighted by molar-refractivity contribution is 9.10. The average Bonchev–Trinajstić information content (AvgIpc) is 1.98. The van der Waals surface area contributed by atoms with Gasteiger partial charge in [-0.2, -0.15) is 0 Å². The van der Waals surface area contributed by atoms with Gasteiger partial charge >= 0.3 is 0 Å². The first-order valence-corrected chi connectivity index (χ1v) is 4.66. The Labute approximate surface area is 86.0 Å². The van der Waals surface area contributed by atoms with E-state index in [9.17, 15) is 0 Å². The molecule has 0 radical (unpaired) electrons. The molecule has 0 aliphatic heterocycles. The summed E-state index contributed by atoms with van der Waals surface area (Å²) in [5.74, 6) is 0.0844. The molecular formula is C9H12BrN3. The summed E-state index contributed by atoms with van der Waals surface area (Å²) in [6.07, 6.45) is 0. The number of nitrogens with two attached hydrogens (primary N) is 2. The summed E-state index contributed by atoms with van der Waals surface area (Å²) < 4.78 is 1.10. The summed E-state index contributed by atoms with van der Waals surface area (Å²) in [5, 5.41) is 0. The maximum Gasteiger partial charge on any atom is 0.191 e. The zero-order valence-electron chi connectivity index (χ0n) is 7.63. The molecule has 0 fully saturated rings. The van der Waals surface area contributed by atoms with Crippen LogP contribution in [-0.4, -0.2) is 5.96 Å². The van der Waals surface area contributed by atoms with E-state index in [2.05, 4.69) is 20.9 Å². The van der Waals surface area contributed by atoms with Gasteiger partial charge in [0, 0.05) is 4.47 Å². The molecule has 1 aromatic rings. The van der Waals surface area contributed by atoms with Gasteiger partial charge in [0.25, 0.3) is 0 Å². The molecule has 0 aliphatic carbocycles. The number of nitrogens with zero attached hydrogens (tertiary/aromatic N) is 1. The van der Waals surface area contributed by atoms with E-state index in [4.69, 9.17) is 11.5 Å². The van der Waals surface area contributed by atoms with Crippen LogP contribution in [0.3, 0.4) is 0 Å². The Morgan fingerprint density at radius 1 is 1.23 bits per heavy atom. The molecule has 0 aliphatic rings. The molecular weight excluding hydrogens is 230 g/mol. The van der Waals surface area contributed by atoms with Gasteiger partial charge in [-0.3, -0.25) is 0 Å². The van der Waals surface area contributed by atoms with Crippen molar-refractivity contribution >= 4 is 27.6 Å². The van der Waals surface area contributed by atoms with Crippen molar-refractivity contribution in [3.8, 4) is 0 Å². The largest absolute Gasteiger partial charge is 0.370 e. The van der Waals surface area contributed by atoms with Gasteiger partial charge < -0.3 is 11.5 Å². The summed E-state index contributed by atoms with van der Waals surface area (Å²) in [6, 6.07) is 3.85. The van der Waals surface area contributed by atoms with Crippen molar-refractivity contribution in [2.45, 2.75) is 13.8 Å². The van der Waals surface area contributed by atoms with E-state index in [1.807, 2.05) is 26.0 Å². The second-order valence-corrected chi connectivity index (χ2v) is 3.72. The van der Waals surface area contributed by atoms with Gasteiger partial charge in [0.15, 0.2) is 5.96 Å². The lowest BCUT2D eigenvalue weighted by Crippen LogP contribution is -2.21. The Hall–Kier alpha value is -1.03. The normalized spacial score (nSPS) is 9.77. The first-order valence-electron chi connectivity index (χ1n) is 3.87. The maximum atomic E-state index is 5.28. The minimum atomic E-state index is 0.0844. The van der Waals surface area contributed by atoms with Crippen LogP contribution in [0.15, 0.2) is 21.6 Å². The molecule has 4 N–H and O–H groups in total. The topological polar surface area (TPSA) is 64.4 Å². The lowest BCUT2D eigenvalue weighted by atomic mass is 10.1. The number of hydrogen-bond donors (Lipinski definition) is 2. The zero-order valence-corrected chi connectivity index (χ0v) is 9.22. The summed E-state index contributed by atoms with van der Waals surface area (Å²) in [7, 11) is 0. The van der Waals surface area contributed by atoms with Gasteiger partial charge in [0.2, 0.25) is 0 Å². The molecule has 0 heterocycles. The van der Waals surface area contributed by atoms with Gasteiger partial charge in [-0.15, -0.1) is 0 Å². The molecule has 0 bridgehead atoms. The Kier molecular flexibility index (Phi) is 2.93. The van der Waals surface area contributed by atoms with Crippen LogP contribution in [0.25, 0.3) is 0 Å². The highest BCUT2D eigenvalue weighted by Crippen LogP contribution is 2.26. The van der Waals surface area contributed by atoms with E-state index in [-0.39, 0.29) is 5.96 Å². The van der Waals surface area contributed by atoms with Crippen LogP contribution < -0.4 is 11.5 Å². The monoisotopic (exact) mass is 241 g/mol. The van der Waals surface area contributed by atoms with Crippen molar-refractivity contribution in [2.75, 3.05) is 0 Å². The van der Waals surface area contributed by atoms with Crippen molar-refractivity contribution < 1.29 is 0 Å². The van der Waals surface area contributed by atoms with Gasteiger partial charge in [-0.05, 0) is 37.1 Å². The van der Waals surface area contributed by atoms with Crippen LogP contribution in [0.1, 0.15) is 11.1 Å². The molecule has 0 unspecified atom stereocenters. The van der Waals surface area contributed by atoms with Gasteiger partial charge in [0.05, 0.1) is 5.69 Å². The van der Waals surface area contributed by atoms with E-state index in [1.54, 1.807) is 0 Å². The fourth-order valence-electron chi connectivity index (χ4n) is 1.14. The fraction of sp³-hybridized carbons (Fsp3) is 0.222. The zero-order chi connectivity index (χ0) is 10.0. The number of halogens is 1. The van der Waals surface area contributed by atoms with Crippen LogP contribution in [0.4, 0.5) is 5.69 Å². The first-order chi connectivity index (χ1) is 6.00. The number of aliphatic imine (C=N–C) groups is 1. The molecule has 13 heavy (non-hydrogen) atoms. The van der Waals surface area contributed by atoms with Crippen LogP contribution in [-0.2, 0) is 0 Å². The Bertz CT molecular complexity index is 331. The number of aryl methyl sites for hydroxylation is 2. The molecule has 3 nitrogen and oxygen atoms in total. The van der Waals surface area contributed by atoms with E-state index in [1.165, 1.54) is 0 Å². The fourth-order valence-corrected chi connectivity index (χ4v) is 1.37. The van der Waals surface area contributed by atoms with Crippen molar-refractivity contribution in [3.63, 3.8) is 0 Å².